The molecule has 0 unspecified atom stereocenters. The number of morpholine rings is 1. The molecule has 2 aliphatic rings. The number of carbonyl (C=O) groups excluding carboxylic acids is 2. The van der Waals surface area contributed by atoms with Gasteiger partial charge in [-0.2, -0.15) is 19.0 Å². The third-order valence-electron chi connectivity index (χ3n) is 8.19. The van der Waals surface area contributed by atoms with E-state index in [0.29, 0.717) is 30.8 Å². The lowest BCUT2D eigenvalue weighted by molar-refractivity contribution is -0.134. The van der Waals surface area contributed by atoms with Crippen molar-refractivity contribution in [1.82, 2.24) is 34.2 Å². The van der Waals surface area contributed by atoms with E-state index >= 15 is 0 Å². The third-order valence-corrected chi connectivity index (χ3v) is 8.92. The minimum atomic E-state index is -3.07. The first kappa shape index (κ1) is 30.9. The van der Waals surface area contributed by atoms with Crippen LogP contribution in [0.25, 0.3) is 16.9 Å². The number of nitrogens with one attached hydrogen (secondary N) is 1. The zero-order chi connectivity index (χ0) is 31.5. The Kier molecular flexibility index (Phi) is 9.28. The van der Waals surface area contributed by atoms with Gasteiger partial charge in [-0.3, -0.25) is 19.2 Å². The van der Waals surface area contributed by atoms with Gasteiger partial charge in [0.2, 0.25) is 5.91 Å². The van der Waals surface area contributed by atoms with E-state index in [1.807, 2.05) is 11.2 Å². The Morgan fingerprint density at radius 1 is 1.22 bits per heavy atom. The number of fused-ring (bicyclic) bond motifs is 1. The van der Waals surface area contributed by atoms with Crippen LogP contribution in [0.5, 0.6) is 5.75 Å². The van der Waals surface area contributed by atoms with Gasteiger partial charge in [0.15, 0.2) is 5.65 Å². The zero-order valence-corrected chi connectivity index (χ0v) is 25.8. The van der Waals surface area contributed by atoms with Gasteiger partial charge < -0.3 is 19.7 Å². The molecule has 1 aromatic carbocycles. The highest BCUT2D eigenvalue weighted by atomic mass is 32.2. The summed E-state index contributed by atoms with van der Waals surface area (Å²) in [4.78, 5) is 36.2. The maximum atomic E-state index is 13.4. The monoisotopic (exact) mass is 640 g/mol. The topological polar surface area (TPSA) is 119 Å². The largest absolute Gasteiger partial charge is 0.434 e. The van der Waals surface area contributed by atoms with Gasteiger partial charge in [-0.1, -0.05) is 0 Å². The molecule has 0 spiro atoms. The molecule has 45 heavy (non-hydrogen) atoms. The van der Waals surface area contributed by atoms with Gasteiger partial charge in [0, 0.05) is 60.8 Å². The number of likely N-dealkylation sites (tertiary alicyclic amines) is 1. The number of hydrogen-bond donors (Lipinski definition) is 1. The summed E-state index contributed by atoms with van der Waals surface area (Å²) in [5.41, 5.74) is 1.22. The third kappa shape index (κ3) is 6.79. The van der Waals surface area contributed by atoms with Crippen molar-refractivity contribution in [2.45, 2.75) is 49.9 Å². The molecule has 238 valence electrons. The van der Waals surface area contributed by atoms with E-state index in [1.165, 1.54) is 39.4 Å². The van der Waals surface area contributed by atoms with Crippen molar-refractivity contribution < 1.29 is 27.8 Å². The summed E-state index contributed by atoms with van der Waals surface area (Å²) < 4.78 is 40.1. The highest BCUT2D eigenvalue weighted by Crippen LogP contribution is 2.38. The first-order chi connectivity index (χ1) is 21.8. The lowest BCUT2D eigenvalue weighted by Crippen LogP contribution is -2.53. The molecule has 0 bridgehead atoms. The molecule has 12 nitrogen and oxygen atoms in total. The quantitative estimate of drug-likeness (QED) is 0.272. The van der Waals surface area contributed by atoms with Crippen molar-refractivity contribution in [2.75, 3.05) is 44.4 Å². The van der Waals surface area contributed by atoms with Crippen molar-refractivity contribution in [1.29, 1.82) is 0 Å². The van der Waals surface area contributed by atoms with Crippen LogP contribution in [0.4, 0.5) is 14.5 Å². The second-order valence-electron chi connectivity index (χ2n) is 11.0. The molecule has 0 radical (unpaired) electrons. The van der Waals surface area contributed by atoms with Crippen molar-refractivity contribution in [2.24, 2.45) is 0 Å². The van der Waals surface area contributed by atoms with E-state index in [9.17, 15) is 18.4 Å². The Bertz CT molecular complexity index is 1670. The molecule has 5 heterocycles. The molecular formula is C30H34F2N8O4S. The van der Waals surface area contributed by atoms with Crippen LogP contribution in [0, 0.1) is 0 Å². The number of alkyl halides is 2. The zero-order valence-electron chi connectivity index (χ0n) is 24.9. The van der Waals surface area contributed by atoms with Gasteiger partial charge in [-0.25, -0.2) is 9.50 Å². The summed E-state index contributed by atoms with van der Waals surface area (Å²) in [5, 5.41) is 11.6. The minimum Gasteiger partial charge on any atom is -0.434 e. The number of rotatable bonds is 9. The summed E-state index contributed by atoms with van der Waals surface area (Å²) >= 11 is 1.42. The van der Waals surface area contributed by atoms with Crippen molar-refractivity contribution >= 4 is 34.9 Å². The standard InChI is InChI=1S/C30H34F2N8O4S/c1-19-18-43-13-12-39(19)20-6-10-37(11-7-20)26(41)17-38-16-24(35-29(42)23-15-34-40-9-3-8-33-28(23)40)27(36-38)22-14-21(45-2)4-5-25(22)44-30(31)32/h3-5,8-9,14-16,19-20,30H,6-7,10-13,17-18H2,1-2H3,(H,35,42)/t19-/m1/s1. The molecule has 15 heteroatoms. The minimum absolute atomic E-state index is 0.0903. The molecule has 2 aliphatic heterocycles. The summed E-state index contributed by atoms with van der Waals surface area (Å²) in [6.45, 7) is 2.58. The van der Waals surface area contributed by atoms with Crippen LogP contribution < -0.4 is 10.1 Å². The molecule has 2 saturated heterocycles. The van der Waals surface area contributed by atoms with E-state index in [-0.39, 0.29) is 40.7 Å². The van der Waals surface area contributed by atoms with E-state index in [4.69, 9.17) is 9.47 Å². The van der Waals surface area contributed by atoms with Gasteiger partial charge in [-0.05, 0) is 50.3 Å². The van der Waals surface area contributed by atoms with Crippen LogP contribution in [0.3, 0.4) is 0 Å². The SMILES string of the molecule is CSc1ccc(OC(F)F)c(-c2nn(CC(=O)N3CCC(N4CCOC[C@H]4C)CC3)cc2NC(=O)c2cnn3cccnc23)c1. The second kappa shape index (κ2) is 13.5. The number of thioether (sulfide) groups is 1. The number of amides is 2. The Hall–Kier alpha value is -4.08. The lowest BCUT2D eigenvalue weighted by atomic mass is 10.0. The Balaban J connectivity index is 1.26. The number of carbonyl (C=O) groups is 2. The first-order valence-electron chi connectivity index (χ1n) is 14.7. The average molecular weight is 641 g/mol. The molecule has 0 aliphatic carbocycles. The smallest absolute Gasteiger partial charge is 0.387 e. The molecule has 6 rings (SSSR count). The van der Waals surface area contributed by atoms with Crippen LogP contribution in [-0.2, 0) is 16.1 Å². The number of hydrogen-bond acceptors (Lipinski definition) is 9. The number of nitrogens with zero attached hydrogens (tertiary/aromatic N) is 7. The van der Waals surface area contributed by atoms with Gasteiger partial charge in [-0.15, -0.1) is 11.8 Å². The van der Waals surface area contributed by atoms with Gasteiger partial charge in [0.1, 0.15) is 23.6 Å². The molecular weight excluding hydrogens is 606 g/mol. The second-order valence-corrected chi connectivity index (χ2v) is 11.9. The molecule has 4 aromatic rings. The molecule has 3 aromatic heterocycles. The maximum Gasteiger partial charge on any atom is 0.387 e. The van der Waals surface area contributed by atoms with Crippen molar-refractivity contribution in [3.05, 3.63) is 54.6 Å². The molecule has 2 amide bonds. The van der Waals surface area contributed by atoms with Gasteiger partial charge in [0.25, 0.3) is 5.91 Å². The van der Waals surface area contributed by atoms with E-state index in [0.717, 1.165) is 37.5 Å². The first-order valence-corrected chi connectivity index (χ1v) is 15.9. The Morgan fingerprint density at radius 3 is 2.80 bits per heavy atom. The highest BCUT2D eigenvalue weighted by molar-refractivity contribution is 7.98. The van der Waals surface area contributed by atoms with E-state index < -0.39 is 12.5 Å². The molecule has 0 saturated carbocycles. The summed E-state index contributed by atoms with van der Waals surface area (Å²) in [6.07, 6.45) is 9.73. The fourth-order valence-corrected chi connectivity index (χ4v) is 6.40. The van der Waals surface area contributed by atoms with Crippen LogP contribution >= 0.6 is 11.8 Å². The molecule has 1 atom stereocenters. The van der Waals surface area contributed by atoms with Gasteiger partial charge in [0.05, 0.1) is 25.1 Å². The number of anilines is 1. The number of halogens is 2. The predicted molar refractivity (Wildman–Crippen MR) is 164 cm³/mol. The van der Waals surface area contributed by atoms with E-state index in [1.54, 1.807) is 30.6 Å². The van der Waals surface area contributed by atoms with Crippen LogP contribution in [0.2, 0.25) is 0 Å². The van der Waals surface area contributed by atoms with Crippen LogP contribution in [0.1, 0.15) is 30.1 Å². The number of benzene rings is 1. The van der Waals surface area contributed by atoms with Crippen LogP contribution in [-0.4, -0.2) is 104 Å². The summed E-state index contributed by atoms with van der Waals surface area (Å²) in [7, 11) is 0. The fraction of sp³-hybridized carbons (Fsp3) is 0.433. The normalized spacial score (nSPS) is 18.1. The van der Waals surface area contributed by atoms with Crippen molar-refractivity contribution in [3.63, 3.8) is 0 Å². The highest BCUT2D eigenvalue weighted by Gasteiger charge is 2.31. The maximum absolute atomic E-state index is 13.4. The number of piperidine rings is 1. The Labute approximate surface area is 262 Å². The fourth-order valence-electron chi connectivity index (χ4n) is 5.96. The average Bonchev–Trinajstić information content (AvgIpc) is 3.65. The van der Waals surface area contributed by atoms with E-state index in [2.05, 4.69) is 32.3 Å². The van der Waals surface area contributed by atoms with Crippen LogP contribution in [0.15, 0.2) is 53.9 Å². The van der Waals surface area contributed by atoms with Crippen molar-refractivity contribution in [3.8, 4) is 17.0 Å². The summed E-state index contributed by atoms with van der Waals surface area (Å²) in [6, 6.07) is 7.21. The predicted octanol–water partition coefficient (Wildman–Crippen LogP) is 3.88. The number of aromatic nitrogens is 5. The van der Waals surface area contributed by atoms with Gasteiger partial charge >= 0.3 is 6.61 Å². The lowest BCUT2D eigenvalue weighted by Gasteiger charge is -2.43. The molecule has 2 fully saturated rings. The number of ether oxygens (including phenoxy) is 2. The molecule has 1 N–H and O–H groups in total. The summed E-state index contributed by atoms with van der Waals surface area (Å²) in [5.74, 6) is -0.747. The Morgan fingerprint density at radius 2 is 2.04 bits per heavy atom.